The van der Waals surface area contributed by atoms with Crippen molar-refractivity contribution >= 4 is 11.3 Å². The van der Waals surface area contributed by atoms with E-state index in [-0.39, 0.29) is 12.6 Å². The zero-order chi connectivity index (χ0) is 9.68. The van der Waals surface area contributed by atoms with Crippen molar-refractivity contribution in [1.29, 1.82) is 0 Å². The summed E-state index contributed by atoms with van der Waals surface area (Å²) in [5.74, 6) is 0. The van der Waals surface area contributed by atoms with Gasteiger partial charge >= 0.3 is 0 Å². The van der Waals surface area contributed by atoms with E-state index in [1.54, 1.807) is 16.8 Å². The number of aliphatic hydroxyl groups excluding tert-OH is 2. The van der Waals surface area contributed by atoms with Crippen LogP contribution in [0.5, 0.6) is 0 Å². The van der Waals surface area contributed by atoms with Gasteiger partial charge in [0.25, 0.3) is 0 Å². The zero-order valence-corrected chi connectivity index (χ0v) is 8.29. The van der Waals surface area contributed by atoms with Crippen molar-refractivity contribution in [1.82, 2.24) is 10.3 Å². The highest BCUT2D eigenvalue weighted by atomic mass is 32.1. The van der Waals surface area contributed by atoms with Gasteiger partial charge in [-0.2, -0.15) is 0 Å². The Bertz CT molecular complexity index is 228. The number of hydrogen-bond donors (Lipinski definition) is 3. The third-order valence-electron chi connectivity index (χ3n) is 1.77. The smallest absolute Gasteiger partial charge is 0.0895 e. The van der Waals surface area contributed by atoms with Crippen LogP contribution in [-0.2, 0) is 0 Å². The molecule has 0 bridgehead atoms. The molecule has 0 saturated carbocycles. The number of rotatable bonds is 5. The monoisotopic (exact) mass is 202 g/mol. The molecule has 2 atom stereocenters. The lowest BCUT2D eigenvalue weighted by Gasteiger charge is -2.13. The van der Waals surface area contributed by atoms with Gasteiger partial charge in [-0.25, -0.2) is 4.98 Å². The van der Waals surface area contributed by atoms with Crippen molar-refractivity contribution in [2.75, 3.05) is 13.2 Å². The van der Waals surface area contributed by atoms with Crippen LogP contribution in [0.4, 0.5) is 0 Å². The summed E-state index contributed by atoms with van der Waals surface area (Å²) in [7, 11) is 0. The quantitative estimate of drug-likeness (QED) is 0.636. The van der Waals surface area contributed by atoms with E-state index in [0.29, 0.717) is 6.54 Å². The van der Waals surface area contributed by atoms with Gasteiger partial charge in [-0.3, -0.25) is 0 Å². The van der Waals surface area contributed by atoms with Crippen molar-refractivity contribution in [3.8, 4) is 0 Å². The van der Waals surface area contributed by atoms with Gasteiger partial charge in [0.15, 0.2) is 0 Å². The lowest BCUT2D eigenvalue weighted by atomic mass is 10.2. The van der Waals surface area contributed by atoms with Gasteiger partial charge < -0.3 is 15.5 Å². The second-order valence-corrected chi connectivity index (χ2v) is 3.60. The molecular formula is C8H14N2O2S. The zero-order valence-electron chi connectivity index (χ0n) is 7.47. The first-order valence-corrected chi connectivity index (χ1v) is 5.08. The van der Waals surface area contributed by atoms with Gasteiger partial charge in [-0.15, -0.1) is 11.3 Å². The molecule has 0 radical (unpaired) electrons. The Balaban J connectivity index is 2.30. The number of aliphatic hydroxyl groups is 2. The van der Waals surface area contributed by atoms with Crippen LogP contribution in [0.25, 0.3) is 0 Å². The van der Waals surface area contributed by atoms with Crippen molar-refractivity contribution < 1.29 is 10.2 Å². The lowest BCUT2D eigenvalue weighted by molar-refractivity contribution is 0.0923. The van der Waals surface area contributed by atoms with E-state index in [9.17, 15) is 0 Å². The fourth-order valence-corrected chi connectivity index (χ4v) is 1.57. The van der Waals surface area contributed by atoms with E-state index >= 15 is 0 Å². The van der Waals surface area contributed by atoms with E-state index in [1.807, 2.05) is 12.3 Å². The number of nitrogens with one attached hydrogen (secondary N) is 1. The number of hydrogen-bond acceptors (Lipinski definition) is 5. The van der Waals surface area contributed by atoms with Crippen LogP contribution in [0, 0.1) is 0 Å². The summed E-state index contributed by atoms with van der Waals surface area (Å²) in [6.07, 6.45) is -0.693. The molecule has 4 nitrogen and oxygen atoms in total. The first-order chi connectivity index (χ1) is 6.24. The summed E-state index contributed by atoms with van der Waals surface area (Å²) in [6, 6.07) is 0.118. The number of thiazole rings is 1. The van der Waals surface area contributed by atoms with E-state index < -0.39 is 6.10 Å². The van der Waals surface area contributed by atoms with Gasteiger partial charge in [0.2, 0.25) is 0 Å². The van der Waals surface area contributed by atoms with E-state index in [1.165, 1.54) is 0 Å². The summed E-state index contributed by atoms with van der Waals surface area (Å²) >= 11 is 1.54. The third kappa shape index (κ3) is 3.40. The van der Waals surface area contributed by atoms with Gasteiger partial charge in [0, 0.05) is 18.0 Å². The number of aromatic nitrogens is 1. The maximum atomic E-state index is 9.07. The third-order valence-corrected chi connectivity index (χ3v) is 2.37. The molecule has 5 heteroatoms. The van der Waals surface area contributed by atoms with Crippen molar-refractivity contribution in [2.24, 2.45) is 0 Å². The van der Waals surface area contributed by atoms with E-state index in [2.05, 4.69) is 10.3 Å². The molecule has 1 rings (SSSR count). The summed E-state index contributed by atoms with van der Waals surface area (Å²) in [5, 5.41) is 22.7. The van der Waals surface area contributed by atoms with Crippen LogP contribution in [-0.4, -0.2) is 34.5 Å². The lowest BCUT2D eigenvalue weighted by Crippen LogP contribution is -2.31. The molecule has 1 aromatic rings. The minimum absolute atomic E-state index is 0.118. The maximum Gasteiger partial charge on any atom is 0.0895 e. The summed E-state index contributed by atoms with van der Waals surface area (Å²) in [5.41, 5.74) is 2.74. The topological polar surface area (TPSA) is 65.4 Å². The Kier molecular flexibility index (Phi) is 4.31. The van der Waals surface area contributed by atoms with Crippen molar-refractivity contribution in [2.45, 2.75) is 19.1 Å². The Labute approximate surface area is 81.3 Å². The highest BCUT2D eigenvalue weighted by molar-refractivity contribution is 7.07. The first kappa shape index (κ1) is 10.6. The molecule has 0 aliphatic carbocycles. The van der Waals surface area contributed by atoms with Crippen LogP contribution in [0.15, 0.2) is 10.9 Å². The SMILES string of the molecule is CC(NCC(O)CO)c1cscn1. The summed E-state index contributed by atoms with van der Waals surface area (Å²) in [4.78, 5) is 4.13. The van der Waals surface area contributed by atoms with E-state index in [0.717, 1.165) is 5.69 Å². The Morgan fingerprint density at radius 3 is 3.00 bits per heavy atom. The van der Waals surface area contributed by atoms with Crippen LogP contribution in [0.1, 0.15) is 18.7 Å². The average molecular weight is 202 g/mol. The first-order valence-electron chi connectivity index (χ1n) is 4.14. The molecule has 0 aliphatic heterocycles. The summed E-state index contributed by atoms with van der Waals surface area (Å²) < 4.78 is 0. The Morgan fingerprint density at radius 1 is 1.69 bits per heavy atom. The molecule has 13 heavy (non-hydrogen) atoms. The predicted octanol–water partition coefficient (Wildman–Crippen LogP) is 0.147. The van der Waals surface area contributed by atoms with Gasteiger partial charge in [-0.05, 0) is 6.92 Å². The maximum absolute atomic E-state index is 9.07. The molecule has 1 heterocycles. The standard InChI is InChI=1S/C8H14N2O2S/c1-6(8-4-13-5-10-8)9-2-7(12)3-11/h4-7,9,11-12H,2-3H2,1H3. The second-order valence-electron chi connectivity index (χ2n) is 2.88. The largest absolute Gasteiger partial charge is 0.394 e. The molecule has 0 aromatic carbocycles. The van der Waals surface area contributed by atoms with Crippen LogP contribution >= 0.6 is 11.3 Å². The van der Waals surface area contributed by atoms with Crippen molar-refractivity contribution in [3.63, 3.8) is 0 Å². The number of nitrogens with zero attached hydrogens (tertiary/aromatic N) is 1. The highest BCUT2D eigenvalue weighted by Gasteiger charge is 2.08. The molecule has 3 N–H and O–H groups in total. The fraction of sp³-hybridized carbons (Fsp3) is 0.625. The molecule has 0 amide bonds. The molecule has 0 saturated heterocycles. The van der Waals surface area contributed by atoms with Crippen LogP contribution in [0.2, 0.25) is 0 Å². The average Bonchev–Trinajstić information content (AvgIpc) is 2.66. The van der Waals surface area contributed by atoms with Crippen LogP contribution in [0.3, 0.4) is 0 Å². The minimum atomic E-state index is -0.693. The summed E-state index contributed by atoms with van der Waals surface area (Å²) in [6.45, 7) is 2.14. The minimum Gasteiger partial charge on any atom is -0.394 e. The molecule has 0 spiro atoms. The molecular weight excluding hydrogens is 188 g/mol. The van der Waals surface area contributed by atoms with Gasteiger partial charge in [0.1, 0.15) is 0 Å². The normalized spacial score (nSPS) is 15.6. The van der Waals surface area contributed by atoms with E-state index in [4.69, 9.17) is 10.2 Å². The second kappa shape index (κ2) is 5.29. The Hall–Kier alpha value is -0.490. The predicted molar refractivity (Wildman–Crippen MR) is 51.6 cm³/mol. The molecule has 2 unspecified atom stereocenters. The fourth-order valence-electron chi connectivity index (χ4n) is 0.918. The van der Waals surface area contributed by atoms with Crippen molar-refractivity contribution in [3.05, 3.63) is 16.6 Å². The highest BCUT2D eigenvalue weighted by Crippen LogP contribution is 2.11. The van der Waals surface area contributed by atoms with Crippen LogP contribution < -0.4 is 5.32 Å². The molecule has 0 aliphatic rings. The van der Waals surface area contributed by atoms with Gasteiger partial charge in [-0.1, -0.05) is 0 Å². The van der Waals surface area contributed by atoms with Gasteiger partial charge in [0.05, 0.1) is 23.9 Å². The molecule has 0 fully saturated rings. The Morgan fingerprint density at radius 2 is 2.46 bits per heavy atom. The molecule has 1 aromatic heterocycles. The molecule has 74 valence electrons.